The monoisotopic (exact) mass is 164 g/mol. The Bertz CT molecular complexity index is 123. The highest BCUT2D eigenvalue weighted by Crippen LogP contribution is 2.17. The summed E-state index contributed by atoms with van der Waals surface area (Å²) >= 11 is -1.66. The van der Waals surface area contributed by atoms with Gasteiger partial charge >= 0.3 is 0 Å². The third-order valence-electron chi connectivity index (χ3n) is 2.11. The van der Waals surface area contributed by atoms with E-state index in [0.717, 1.165) is 0 Å². The van der Waals surface area contributed by atoms with Crippen molar-refractivity contribution in [2.45, 2.75) is 32.9 Å². The molecule has 0 bridgehead atoms. The van der Waals surface area contributed by atoms with Gasteiger partial charge in [-0.05, 0) is 18.8 Å². The first-order chi connectivity index (χ1) is 4.46. The molecule has 1 N–H and O–H groups in total. The van der Waals surface area contributed by atoms with Gasteiger partial charge < -0.3 is 4.55 Å². The van der Waals surface area contributed by atoms with E-state index < -0.39 is 11.1 Å². The van der Waals surface area contributed by atoms with Crippen LogP contribution >= 0.6 is 0 Å². The van der Waals surface area contributed by atoms with Gasteiger partial charge in [0.25, 0.3) is 0 Å². The molecule has 0 rings (SSSR count). The minimum Gasteiger partial charge on any atom is -0.306 e. The van der Waals surface area contributed by atoms with E-state index in [1.54, 1.807) is 6.92 Å². The van der Waals surface area contributed by atoms with Crippen LogP contribution in [0.1, 0.15) is 27.7 Å². The van der Waals surface area contributed by atoms with Crippen molar-refractivity contribution in [3.63, 3.8) is 0 Å². The Labute approximate surface area is 65.3 Å². The molecule has 3 heteroatoms. The van der Waals surface area contributed by atoms with E-state index in [1.807, 2.05) is 6.92 Å². The van der Waals surface area contributed by atoms with Crippen molar-refractivity contribution in [1.29, 1.82) is 0 Å². The molecule has 62 valence electrons. The molecule has 0 aliphatic heterocycles. The molecule has 10 heavy (non-hydrogen) atoms. The molecule has 0 aromatic heterocycles. The largest absolute Gasteiger partial charge is 0.306 e. The van der Waals surface area contributed by atoms with Crippen LogP contribution in [-0.2, 0) is 11.1 Å². The van der Waals surface area contributed by atoms with Gasteiger partial charge in [0.15, 0.2) is 11.1 Å². The smallest absolute Gasteiger partial charge is 0.155 e. The first-order valence-corrected chi connectivity index (χ1v) is 4.73. The Morgan fingerprint density at radius 1 is 1.20 bits per heavy atom. The molecule has 3 unspecified atom stereocenters. The van der Waals surface area contributed by atoms with Gasteiger partial charge in [-0.25, -0.2) is 4.21 Å². The van der Waals surface area contributed by atoms with Gasteiger partial charge in [0.05, 0.1) is 5.25 Å². The molecule has 0 aliphatic rings. The van der Waals surface area contributed by atoms with Crippen molar-refractivity contribution in [3.05, 3.63) is 0 Å². The summed E-state index contributed by atoms with van der Waals surface area (Å²) in [6, 6.07) is 0. The molecular formula is C7H16O2S. The highest BCUT2D eigenvalue weighted by Gasteiger charge is 2.19. The van der Waals surface area contributed by atoms with Gasteiger partial charge in [-0.1, -0.05) is 20.8 Å². The van der Waals surface area contributed by atoms with Crippen LogP contribution in [0.15, 0.2) is 0 Å². The Kier molecular flexibility index (Phi) is 4.13. The van der Waals surface area contributed by atoms with Crippen LogP contribution in [0, 0.1) is 11.8 Å². The Balaban J connectivity index is 3.94. The molecule has 0 saturated carbocycles. The quantitative estimate of drug-likeness (QED) is 0.647. The summed E-state index contributed by atoms with van der Waals surface area (Å²) in [6.45, 7) is 7.94. The zero-order valence-corrected chi connectivity index (χ0v) is 7.81. The summed E-state index contributed by atoms with van der Waals surface area (Å²) in [5.41, 5.74) is 0. The first-order valence-electron chi connectivity index (χ1n) is 3.56. The fourth-order valence-electron chi connectivity index (χ4n) is 0.726. The minimum atomic E-state index is -1.66. The van der Waals surface area contributed by atoms with E-state index in [9.17, 15) is 4.21 Å². The van der Waals surface area contributed by atoms with Crippen LogP contribution in [0.3, 0.4) is 0 Å². The molecule has 0 aromatic carbocycles. The first kappa shape index (κ1) is 10.1. The molecule has 0 aliphatic carbocycles. The summed E-state index contributed by atoms with van der Waals surface area (Å²) in [4.78, 5) is 0. The summed E-state index contributed by atoms with van der Waals surface area (Å²) in [6.07, 6.45) is 0. The second-order valence-electron chi connectivity index (χ2n) is 3.08. The molecule has 0 heterocycles. The molecule has 0 spiro atoms. The van der Waals surface area contributed by atoms with E-state index in [4.69, 9.17) is 4.55 Å². The molecule has 0 radical (unpaired) electrons. The van der Waals surface area contributed by atoms with Crippen molar-refractivity contribution in [1.82, 2.24) is 0 Å². The van der Waals surface area contributed by atoms with Crippen molar-refractivity contribution < 1.29 is 8.76 Å². The maximum absolute atomic E-state index is 10.6. The Hall–Kier alpha value is 0.110. The van der Waals surface area contributed by atoms with E-state index in [0.29, 0.717) is 11.8 Å². The van der Waals surface area contributed by atoms with Crippen LogP contribution < -0.4 is 0 Å². The predicted octanol–water partition coefficient (Wildman–Crippen LogP) is 1.89. The van der Waals surface area contributed by atoms with Crippen molar-refractivity contribution in [2.75, 3.05) is 0 Å². The number of hydrogen-bond acceptors (Lipinski definition) is 1. The van der Waals surface area contributed by atoms with Gasteiger partial charge in [0, 0.05) is 0 Å². The zero-order chi connectivity index (χ0) is 8.31. The van der Waals surface area contributed by atoms with Crippen molar-refractivity contribution >= 4 is 11.1 Å². The lowest BCUT2D eigenvalue weighted by atomic mass is 9.95. The van der Waals surface area contributed by atoms with Gasteiger partial charge in [0.2, 0.25) is 0 Å². The van der Waals surface area contributed by atoms with Crippen LogP contribution in [0.4, 0.5) is 0 Å². The fourth-order valence-corrected chi connectivity index (χ4v) is 1.41. The second-order valence-corrected chi connectivity index (χ2v) is 4.38. The highest BCUT2D eigenvalue weighted by molar-refractivity contribution is 7.79. The average Bonchev–Trinajstić information content (AvgIpc) is 1.84. The van der Waals surface area contributed by atoms with Crippen molar-refractivity contribution in [3.8, 4) is 0 Å². The lowest BCUT2D eigenvalue weighted by molar-refractivity contribution is 0.398. The van der Waals surface area contributed by atoms with Gasteiger partial charge in [-0.15, -0.1) is 0 Å². The zero-order valence-electron chi connectivity index (χ0n) is 7.00. The molecular weight excluding hydrogens is 148 g/mol. The molecule has 0 aromatic rings. The Morgan fingerprint density at radius 3 is 1.70 bits per heavy atom. The molecule has 0 saturated heterocycles. The lowest BCUT2D eigenvalue weighted by Gasteiger charge is -2.19. The summed E-state index contributed by atoms with van der Waals surface area (Å²) in [7, 11) is 0. The molecule has 0 amide bonds. The van der Waals surface area contributed by atoms with E-state index in [2.05, 4.69) is 13.8 Å². The van der Waals surface area contributed by atoms with Crippen LogP contribution in [0.2, 0.25) is 0 Å². The second kappa shape index (κ2) is 4.09. The molecule has 0 fully saturated rings. The summed E-state index contributed by atoms with van der Waals surface area (Å²) in [5.74, 6) is 0.789. The van der Waals surface area contributed by atoms with E-state index >= 15 is 0 Å². The minimum absolute atomic E-state index is 0.111. The van der Waals surface area contributed by atoms with Crippen LogP contribution in [-0.4, -0.2) is 14.0 Å². The van der Waals surface area contributed by atoms with E-state index in [1.165, 1.54) is 0 Å². The lowest BCUT2D eigenvalue weighted by Crippen LogP contribution is -2.23. The van der Waals surface area contributed by atoms with Gasteiger partial charge in [-0.3, -0.25) is 0 Å². The summed E-state index contributed by atoms with van der Waals surface area (Å²) < 4.78 is 19.3. The normalized spacial score (nSPS) is 20.6. The standard InChI is InChI=1S/C7H16O2S/c1-5(2)6(3)7(4)10(8)9/h5-7H,1-4H3,(H,8,9). The topological polar surface area (TPSA) is 37.3 Å². The Morgan fingerprint density at radius 2 is 1.60 bits per heavy atom. The third kappa shape index (κ3) is 2.80. The number of rotatable bonds is 3. The number of hydrogen-bond donors (Lipinski definition) is 1. The predicted molar refractivity (Wildman–Crippen MR) is 44.2 cm³/mol. The summed E-state index contributed by atoms with van der Waals surface area (Å²) in [5, 5.41) is -0.111. The third-order valence-corrected chi connectivity index (χ3v) is 3.18. The van der Waals surface area contributed by atoms with E-state index in [-0.39, 0.29) is 5.25 Å². The maximum atomic E-state index is 10.6. The van der Waals surface area contributed by atoms with Crippen molar-refractivity contribution in [2.24, 2.45) is 11.8 Å². The maximum Gasteiger partial charge on any atom is 0.155 e. The fraction of sp³-hybridized carbons (Fsp3) is 1.00. The van der Waals surface area contributed by atoms with Crippen LogP contribution in [0.25, 0.3) is 0 Å². The van der Waals surface area contributed by atoms with Gasteiger partial charge in [-0.2, -0.15) is 0 Å². The van der Waals surface area contributed by atoms with Crippen LogP contribution in [0.5, 0.6) is 0 Å². The average molecular weight is 164 g/mol. The molecule has 2 nitrogen and oxygen atoms in total. The molecule has 3 atom stereocenters. The SMILES string of the molecule is CC(C)C(C)C(C)S(=O)O. The van der Waals surface area contributed by atoms with Gasteiger partial charge in [0.1, 0.15) is 0 Å². The highest BCUT2D eigenvalue weighted by atomic mass is 32.2.